The largest absolute Gasteiger partial charge is 0.390 e. The van der Waals surface area contributed by atoms with Gasteiger partial charge in [0.25, 0.3) is 6.43 Å². The van der Waals surface area contributed by atoms with E-state index in [9.17, 15) is 13.9 Å². The molecule has 0 bridgehead atoms. The van der Waals surface area contributed by atoms with Crippen LogP contribution < -0.4 is 11.1 Å². The summed E-state index contributed by atoms with van der Waals surface area (Å²) in [7, 11) is 1.70. The van der Waals surface area contributed by atoms with Crippen molar-refractivity contribution in [3.8, 4) is 11.3 Å². The highest BCUT2D eigenvalue weighted by molar-refractivity contribution is 5.88. The highest BCUT2D eigenvalue weighted by Crippen LogP contribution is 2.30. The van der Waals surface area contributed by atoms with Gasteiger partial charge < -0.3 is 20.7 Å². The summed E-state index contributed by atoms with van der Waals surface area (Å²) >= 11 is 0. The number of rotatable bonds is 5. The van der Waals surface area contributed by atoms with Crippen molar-refractivity contribution in [2.45, 2.75) is 70.9 Å². The van der Waals surface area contributed by atoms with Gasteiger partial charge in [0.05, 0.1) is 17.8 Å². The Kier molecular flexibility index (Phi) is 7.15. The van der Waals surface area contributed by atoms with E-state index in [1.165, 1.54) is 23.8 Å². The van der Waals surface area contributed by atoms with Crippen LogP contribution in [0.25, 0.3) is 27.9 Å². The van der Waals surface area contributed by atoms with Crippen molar-refractivity contribution in [1.82, 2.24) is 29.1 Å². The van der Waals surface area contributed by atoms with Crippen LogP contribution in [0, 0.1) is 6.92 Å². The van der Waals surface area contributed by atoms with Gasteiger partial charge in [0, 0.05) is 18.8 Å². The minimum atomic E-state index is -2.49. The normalized spacial score (nSPS) is 15.4. The number of nitrogens with zero attached hydrogens (tertiary/aromatic N) is 6. The summed E-state index contributed by atoms with van der Waals surface area (Å²) < 4.78 is 28.8. The molecule has 0 amide bonds. The number of aryl methyl sites for hydroxylation is 1. The number of hydrogen-bond donors (Lipinski definition) is 3. The van der Waals surface area contributed by atoms with E-state index in [0.29, 0.717) is 40.0 Å². The van der Waals surface area contributed by atoms with Gasteiger partial charge in [0.1, 0.15) is 16.9 Å². The fraction of sp³-hybridized carbons (Fsp3) is 0.500. The number of nitrogens with one attached hydrogen (secondary N) is 1. The number of halogens is 2. The standard InChI is InChI=1S/C16H16F2N8.C8H16O/c1-8-21-11-4-3-10(22-15(11)25(8)7-12(17)18)9-5-6-26-13(9)14(19)23-16(20-2)24-26;1-2-8(9)6-4-3-5-7-8/h3-6,12H,7H2,1-2H3,(H3,19,20,23,24);9H,2-7H2,1H3. The molecule has 0 unspecified atom stereocenters. The first-order chi connectivity index (χ1) is 16.7. The van der Waals surface area contributed by atoms with Gasteiger partial charge in [-0.25, -0.2) is 23.3 Å². The summed E-state index contributed by atoms with van der Waals surface area (Å²) in [5.74, 6) is 1.18. The molecule has 35 heavy (non-hydrogen) atoms. The van der Waals surface area contributed by atoms with Crippen LogP contribution >= 0.6 is 0 Å². The first-order valence-electron chi connectivity index (χ1n) is 11.9. The van der Waals surface area contributed by atoms with E-state index in [0.717, 1.165) is 24.8 Å². The lowest BCUT2D eigenvalue weighted by molar-refractivity contribution is 0.000670. The molecule has 0 spiro atoms. The zero-order chi connectivity index (χ0) is 25.2. The Morgan fingerprint density at radius 2 is 1.89 bits per heavy atom. The molecule has 11 heteroatoms. The monoisotopic (exact) mass is 486 g/mol. The number of aromatic nitrogens is 6. The van der Waals surface area contributed by atoms with Crippen LogP contribution in [-0.4, -0.2) is 53.3 Å². The van der Waals surface area contributed by atoms with Gasteiger partial charge in [-0.2, -0.15) is 4.98 Å². The molecule has 1 fully saturated rings. The van der Waals surface area contributed by atoms with Crippen LogP contribution in [0.5, 0.6) is 0 Å². The zero-order valence-electron chi connectivity index (χ0n) is 20.3. The molecular formula is C24H32F2N8O. The van der Waals surface area contributed by atoms with E-state index < -0.39 is 13.0 Å². The molecule has 1 aliphatic carbocycles. The molecule has 9 nitrogen and oxygen atoms in total. The Morgan fingerprint density at radius 3 is 2.51 bits per heavy atom. The van der Waals surface area contributed by atoms with E-state index in [4.69, 9.17) is 5.73 Å². The summed E-state index contributed by atoms with van der Waals surface area (Å²) in [6.07, 6.45) is 6.03. The van der Waals surface area contributed by atoms with Gasteiger partial charge in [0.15, 0.2) is 11.5 Å². The summed E-state index contributed by atoms with van der Waals surface area (Å²) in [6.45, 7) is 3.31. The zero-order valence-corrected chi connectivity index (χ0v) is 20.3. The predicted molar refractivity (Wildman–Crippen MR) is 133 cm³/mol. The molecule has 1 saturated carbocycles. The van der Waals surface area contributed by atoms with Gasteiger partial charge in [-0.05, 0) is 44.4 Å². The summed E-state index contributed by atoms with van der Waals surface area (Å²) in [5, 5.41) is 16.8. The molecule has 4 N–H and O–H groups in total. The number of fused-ring (bicyclic) bond motifs is 2. The fourth-order valence-corrected chi connectivity index (χ4v) is 4.55. The van der Waals surface area contributed by atoms with E-state index in [1.807, 2.05) is 6.07 Å². The smallest absolute Gasteiger partial charge is 0.256 e. The van der Waals surface area contributed by atoms with Crippen molar-refractivity contribution >= 4 is 28.4 Å². The lowest BCUT2D eigenvalue weighted by atomic mass is 9.83. The SMILES string of the molecule is CCC1(O)CCCCC1.CNc1nc(N)c2c(-c3ccc4nc(C)n(CC(F)F)c4n3)ccn2n1. The molecule has 4 aromatic heterocycles. The minimum absolute atomic E-state index is 0.280. The lowest BCUT2D eigenvalue weighted by Crippen LogP contribution is -2.29. The molecule has 0 atom stereocenters. The van der Waals surface area contributed by atoms with Crippen LogP contribution in [0.15, 0.2) is 24.4 Å². The number of nitrogens with two attached hydrogens (primary N) is 1. The quantitative estimate of drug-likeness (QED) is 0.382. The second-order valence-corrected chi connectivity index (χ2v) is 8.93. The second kappa shape index (κ2) is 10.1. The van der Waals surface area contributed by atoms with Gasteiger partial charge in [-0.1, -0.05) is 26.2 Å². The number of aliphatic hydroxyl groups is 1. The number of hydrogen-bond acceptors (Lipinski definition) is 7. The first kappa shape index (κ1) is 24.8. The number of alkyl halides is 2. The Labute approximate surface area is 202 Å². The number of nitrogen functional groups attached to an aromatic ring is 1. The van der Waals surface area contributed by atoms with Crippen LogP contribution in [0.4, 0.5) is 20.5 Å². The molecule has 188 valence electrons. The molecule has 0 aromatic carbocycles. The van der Waals surface area contributed by atoms with Gasteiger partial charge in [-0.3, -0.25) is 0 Å². The molecule has 5 rings (SSSR count). The maximum absolute atomic E-state index is 12.9. The van der Waals surface area contributed by atoms with Gasteiger partial charge >= 0.3 is 0 Å². The number of anilines is 2. The summed E-state index contributed by atoms with van der Waals surface area (Å²) in [6, 6.07) is 5.35. The molecule has 0 saturated heterocycles. The Morgan fingerprint density at radius 1 is 1.14 bits per heavy atom. The van der Waals surface area contributed by atoms with E-state index in [2.05, 4.69) is 32.3 Å². The third-order valence-corrected chi connectivity index (χ3v) is 6.58. The minimum Gasteiger partial charge on any atom is -0.390 e. The third kappa shape index (κ3) is 5.19. The molecule has 0 radical (unpaired) electrons. The molecule has 4 aromatic rings. The average molecular weight is 487 g/mol. The highest BCUT2D eigenvalue weighted by atomic mass is 19.3. The fourth-order valence-electron chi connectivity index (χ4n) is 4.55. The van der Waals surface area contributed by atoms with Crippen molar-refractivity contribution in [3.63, 3.8) is 0 Å². The summed E-state index contributed by atoms with van der Waals surface area (Å²) in [5.41, 5.74) is 8.67. The Balaban J connectivity index is 0.000000271. The van der Waals surface area contributed by atoms with Crippen LogP contribution in [0.3, 0.4) is 0 Å². The van der Waals surface area contributed by atoms with Crippen molar-refractivity contribution in [3.05, 3.63) is 30.2 Å². The Hall–Kier alpha value is -3.34. The van der Waals surface area contributed by atoms with E-state index in [-0.39, 0.29) is 5.60 Å². The molecule has 0 aliphatic heterocycles. The van der Waals surface area contributed by atoms with Gasteiger partial charge in [0.2, 0.25) is 5.95 Å². The van der Waals surface area contributed by atoms with Gasteiger partial charge in [-0.15, -0.1) is 5.10 Å². The molecular weight excluding hydrogens is 454 g/mol. The van der Waals surface area contributed by atoms with Crippen LogP contribution in [0.1, 0.15) is 51.3 Å². The van der Waals surface area contributed by atoms with Crippen molar-refractivity contribution in [2.75, 3.05) is 18.1 Å². The number of pyridine rings is 1. The Bertz CT molecular complexity index is 1310. The maximum atomic E-state index is 12.9. The number of imidazole rings is 1. The lowest BCUT2D eigenvalue weighted by Gasteiger charge is -2.30. The van der Waals surface area contributed by atoms with Crippen molar-refractivity contribution in [1.29, 1.82) is 0 Å². The highest BCUT2D eigenvalue weighted by Gasteiger charge is 2.26. The van der Waals surface area contributed by atoms with Crippen LogP contribution in [0.2, 0.25) is 0 Å². The summed E-state index contributed by atoms with van der Waals surface area (Å²) in [4.78, 5) is 13.0. The molecule has 4 heterocycles. The van der Waals surface area contributed by atoms with Crippen molar-refractivity contribution < 1.29 is 13.9 Å². The average Bonchev–Trinajstić information content (AvgIpc) is 3.40. The first-order valence-corrected chi connectivity index (χ1v) is 11.9. The van der Waals surface area contributed by atoms with E-state index >= 15 is 0 Å². The maximum Gasteiger partial charge on any atom is 0.256 e. The third-order valence-electron chi connectivity index (χ3n) is 6.58. The van der Waals surface area contributed by atoms with E-state index in [1.54, 1.807) is 36.8 Å². The predicted octanol–water partition coefficient (Wildman–Crippen LogP) is 4.43. The second-order valence-electron chi connectivity index (χ2n) is 8.93. The van der Waals surface area contributed by atoms with Crippen molar-refractivity contribution in [2.24, 2.45) is 0 Å². The van der Waals surface area contributed by atoms with Crippen LogP contribution in [-0.2, 0) is 6.54 Å². The molecule has 1 aliphatic rings. The topological polar surface area (TPSA) is 119 Å².